The molecule has 0 heterocycles. The zero-order valence-electron chi connectivity index (χ0n) is 41.3. The van der Waals surface area contributed by atoms with E-state index in [-0.39, 0.29) is 31.1 Å². The molecule has 0 amide bonds. The van der Waals surface area contributed by atoms with Crippen molar-refractivity contribution in [3.05, 3.63) is 72.9 Å². The minimum Gasteiger partial charge on any atom is -0.462 e. The second-order valence-electron chi connectivity index (χ2n) is 17.5. The van der Waals surface area contributed by atoms with Crippen LogP contribution in [0.4, 0.5) is 0 Å². The second-order valence-corrected chi connectivity index (χ2v) is 17.5. The van der Waals surface area contributed by atoms with Gasteiger partial charge in [-0.1, -0.05) is 209 Å². The lowest BCUT2D eigenvalue weighted by Gasteiger charge is -2.18. The van der Waals surface area contributed by atoms with E-state index in [0.717, 1.165) is 83.5 Å². The van der Waals surface area contributed by atoms with Gasteiger partial charge in [0.1, 0.15) is 13.2 Å². The Kier molecular flexibility index (Phi) is 48.9. The first-order valence-corrected chi connectivity index (χ1v) is 26.5. The van der Waals surface area contributed by atoms with E-state index < -0.39 is 6.10 Å². The molecule has 0 aromatic rings. The molecule has 0 saturated heterocycles. The van der Waals surface area contributed by atoms with E-state index in [1.165, 1.54) is 128 Å². The fourth-order valence-electron chi connectivity index (χ4n) is 7.18. The van der Waals surface area contributed by atoms with Crippen LogP contribution in [0.2, 0.25) is 0 Å². The Hall–Kier alpha value is -3.15. The predicted octanol–water partition coefficient (Wildman–Crippen LogP) is 17.4. The molecule has 0 atom stereocenters. The molecule has 0 N–H and O–H groups in total. The molecule has 63 heavy (non-hydrogen) atoms. The smallest absolute Gasteiger partial charge is 0.306 e. The summed E-state index contributed by atoms with van der Waals surface area (Å²) in [5.41, 5.74) is 0. The Morgan fingerprint density at radius 3 is 0.841 bits per heavy atom. The lowest BCUT2D eigenvalue weighted by atomic mass is 10.1. The lowest BCUT2D eigenvalue weighted by Crippen LogP contribution is -2.30. The number of rotatable bonds is 47. The van der Waals surface area contributed by atoms with Crippen molar-refractivity contribution < 1.29 is 28.6 Å². The molecule has 362 valence electrons. The Labute approximate surface area is 389 Å². The minimum absolute atomic E-state index is 0.0904. The van der Waals surface area contributed by atoms with Crippen molar-refractivity contribution in [3.63, 3.8) is 0 Å². The summed E-state index contributed by atoms with van der Waals surface area (Å²) in [6, 6.07) is 0. The highest BCUT2D eigenvalue weighted by Crippen LogP contribution is 2.14. The largest absolute Gasteiger partial charge is 0.462 e. The molecule has 0 aliphatic heterocycles. The molecule has 0 aliphatic rings. The maximum atomic E-state index is 12.8. The molecule has 0 rings (SSSR count). The van der Waals surface area contributed by atoms with Crippen LogP contribution >= 0.6 is 0 Å². The van der Waals surface area contributed by atoms with E-state index in [1.54, 1.807) is 0 Å². The fourth-order valence-corrected chi connectivity index (χ4v) is 7.18. The van der Waals surface area contributed by atoms with E-state index in [2.05, 4.69) is 93.7 Å². The molecule has 0 unspecified atom stereocenters. The number of hydrogen-bond acceptors (Lipinski definition) is 6. The zero-order valence-corrected chi connectivity index (χ0v) is 41.3. The van der Waals surface area contributed by atoms with Gasteiger partial charge in [0.25, 0.3) is 0 Å². The number of hydrogen-bond donors (Lipinski definition) is 0. The van der Waals surface area contributed by atoms with Gasteiger partial charge < -0.3 is 14.2 Å². The quantitative estimate of drug-likeness (QED) is 0.0262. The average Bonchev–Trinajstić information content (AvgIpc) is 3.28. The van der Waals surface area contributed by atoms with Gasteiger partial charge >= 0.3 is 17.9 Å². The number of carbonyl (C=O) groups excluding carboxylic acids is 3. The van der Waals surface area contributed by atoms with Crippen LogP contribution in [0.3, 0.4) is 0 Å². The van der Waals surface area contributed by atoms with E-state index in [1.807, 2.05) is 0 Å². The average molecular weight is 879 g/mol. The second kappa shape index (κ2) is 51.5. The number of ether oxygens (including phenoxy) is 3. The first-order chi connectivity index (χ1) is 31.0. The van der Waals surface area contributed by atoms with Crippen molar-refractivity contribution in [2.75, 3.05) is 13.2 Å². The summed E-state index contributed by atoms with van der Waals surface area (Å²) in [4.78, 5) is 38.0. The molecule has 0 aromatic carbocycles. The molecule has 6 nitrogen and oxygen atoms in total. The van der Waals surface area contributed by atoms with Gasteiger partial charge in [-0.2, -0.15) is 0 Å². The van der Waals surface area contributed by atoms with Crippen molar-refractivity contribution in [3.8, 4) is 0 Å². The van der Waals surface area contributed by atoms with Crippen LogP contribution in [0.15, 0.2) is 72.9 Å². The normalized spacial score (nSPS) is 12.2. The van der Waals surface area contributed by atoms with Gasteiger partial charge in [0, 0.05) is 19.3 Å². The summed E-state index contributed by atoms with van der Waals surface area (Å²) in [5.74, 6) is -0.922. The standard InChI is InChI=1S/C57H98O6/c1-4-7-10-13-16-19-22-25-28-31-34-37-40-43-46-49-55(58)61-52-54(63-57(60)51-48-45-42-39-36-33-30-27-24-21-18-15-12-9-6-3)53-62-56(59)50-47-44-41-38-35-32-29-26-23-20-17-14-11-8-5-2/h16-27,54H,4-15,28-53H2,1-3H3/b19-16-,20-17-,21-18-,25-22-,26-23-,27-24-. The first kappa shape index (κ1) is 59.9. The third-order valence-electron chi connectivity index (χ3n) is 11.2. The summed E-state index contributed by atoms with van der Waals surface area (Å²) < 4.78 is 16.8. The Balaban J connectivity index is 4.45. The molecule has 6 heteroatoms. The maximum Gasteiger partial charge on any atom is 0.306 e. The van der Waals surface area contributed by atoms with Gasteiger partial charge in [0.15, 0.2) is 6.10 Å². The van der Waals surface area contributed by atoms with Crippen LogP contribution in [0.1, 0.15) is 252 Å². The van der Waals surface area contributed by atoms with E-state index >= 15 is 0 Å². The summed E-state index contributed by atoms with van der Waals surface area (Å²) >= 11 is 0. The summed E-state index contributed by atoms with van der Waals surface area (Å²) in [7, 11) is 0. The number of allylic oxidation sites excluding steroid dienone is 12. The molecule has 0 bridgehead atoms. The van der Waals surface area contributed by atoms with Gasteiger partial charge in [-0.15, -0.1) is 0 Å². The molecular formula is C57H98O6. The van der Waals surface area contributed by atoms with E-state index in [0.29, 0.717) is 19.3 Å². The summed E-state index contributed by atoms with van der Waals surface area (Å²) in [5, 5.41) is 0. The van der Waals surface area contributed by atoms with Crippen molar-refractivity contribution in [1.29, 1.82) is 0 Å². The van der Waals surface area contributed by atoms with Crippen LogP contribution in [-0.4, -0.2) is 37.2 Å². The highest BCUT2D eigenvalue weighted by atomic mass is 16.6. The summed E-state index contributed by atoms with van der Waals surface area (Å²) in [6.07, 6.45) is 64.4. The molecule has 0 aliphatic carbocycles. The minimum atomic E-state index is -0.791. The van der Waals surface area contributed by atoms with Crippen molar-refractivity contribution in [1.82, 2.24) is 0 Å². The topological polar surface area (TPSA) is 78.9 Å². The summed E-state index contributed by atoms with van der Waals surface area (Å²) in [6.45, 7) is 6.52. The van der Waals surface area contributed by atoms with Crippen LogP contribution in [-0.2, 0) is 28.6 Å². The molecule has 0 saturated carbocycles. The van der Waals surface area contributed by atoms with Crippen LogP contribution < -0.4 is 0 Å². The maximum absolute atomic E-state index is 12.8. The fraction of sp³-hybridized carbons (Fsp3) is 0.737. The molecule has 0 fully saturated rings. The van der Waals surface area contributed by atoms with Gasteiger partial charge in [-0.25, -0.2) is 0 Å². The third kappa shape index (κ3) is 49.7. The van der Waals surface area contributed by atoms with Gasteiger partial charge in [-0.05, 0) is 96.3 Å². The van der Waals surface area contributed by atoms with Crippen LogP contribution in [0, 0.1) is 0 Å². The van der Waals surface area contributed by atoms with Crippen molar-refractivity contribution in [2.24, 2.45) is 0 Å². The third-order valence-corrected chi connectivity index (χ3v) is 11.2. The molecule has 0 radical (unpaired) electrons. The first-order valence-electron chi connectivity index (χ1n) is 26.5. The Bertz CT molecular complexity index is 1130. The van der Waals surface area contributed by atoms with Gasteiger partial charge in [0.2, 0.25) is 0 Å². The Morgan fingerprint density at radius 2 is 0.556 bits per heavy atom. The SMILES string of the molecule is CCCCC/C=C\C=C/CCCCCCCCC(=O)OCC(COC(=O)CCCCCCCC/C=C\C=C/CCCCC)OC(=O)CCCCCCCC/C=C\C=C/CCCCC. The Morgan fingerprint density at radius 1 is 0.317 bits per heavy atom. The highest BCUT2D eigenvalue weighted by molar-refractivity contribution is 5.71. The van der Waals surface area contributed by atoms with E-state index in [9.17, 15) is 14.4 Å². The van der Waals surface area contributed by atoms with Crippen LogP contribution in [0.25, 0.3) is 0 Å². The monoisotopic (exact) mass is 879 g/mol. The number of esters is 3. The van der Waals surface area contributed by atoms with Crippen molar-refractivity contribution >= 4 is 17.9 Å². The number of carbonyl (C=O) groups is 3. The van der Waals surface area contributed by atoms with Crippen LogP contribution in [0.5, 0.6) is 0 Å². The molecule has 0 spiro atoms. The molecule has 0 aromatic heterocycles. The highest BCUT2D eigenvalue weighted by Gasteiger charge is 2.19. The molecular weight excluding hydrogens is 781 g/mol. The van der Waals surface area contributed by atoms with Gasteiger partial charge in [0.05, 0.1) is 0 Å². The zero-order chi connectivity index (χ0) is 45.8. The lowest BCUT2D eigenvalue weighted by molar-refractivity contribution is -0.167. The predicted molar refractivity (Wildman–Crippen MR) is 270 cm³/mol. The van der Waals surface area contributed by atoms with Crippen molar-refractivity contribution in [2.45, 2.75) is 258 Å². The van der Waals surface area contributed by atoms with E-state index in [4.69, 9.17) is 14.2 Å². The number of unbranched alkanes of at least 4 members (excludes halogenated alkanes) is 27. The van der Waals surface area contributed by atoms with Gasteiger partial charge in [-0.3, -0.25) is 14.4 Å².